The van der Waals surface area contributed by atoms with Crippen LogP contribution >= 0.6 is 0 Å². The Morgan fingerprint density at radius 1 is 1.26 bits per heavy atom. The van der Waals surface area contributed by atoms with Crippen molar-refractivity contribution in [3.8, 4) is 5.75 Å². The van der Waals surface area contributed by atoms with Gasteiger partial charge >= 0.3 is 0 Å². The van der Waals surface area contributed by atoms with E-state index in [0.29, 0.717) is 11.3 Å². The van der Waals surface area contributed by atoms with Gasteiger partial charge in [-0.25, -0.2) is 17.5 Å². The largest absolute Gasteiger partial charge is 0.548 e. The van der Waals surface area contributed by atoms with E-state index in [0.717, 1.165) is 12.1 Å². The van der Waals surface area contributed by atoms with Gasteiger partial charge in [-0.3, -0.25) is 4.79 Å². The van der Waals surface area contributed by atoms with E-state index in [-0.39, 0.29) is 23.6 Å². The van der Waals surface area contributed by atoms with Crippen LogP contribution in [-0.2, 0) is 26.0 Å². The first kappa shape index (κ1) is 18.8. The third-order valence-electron chi connectivity index (χ3n) is 3.83. The van der Waals surface area contributed by atoms with Gasteiger partial charge in [-0.15, -0.1) is 0 Å². The number of anilines is 1. The fourth-order valence-corrected chi connectivity index (χ4v) is 3.72. The molecule has 10 heteroatoms. The highest BCUT2D eigenvalue weighted by molar-refractivity contribution is 7.89. The summed E-state index contributed by atoms with van der Waals surface area (Å²) in [4.78, 5) is 22.5. The summed E-state index contributed by atoms with van der Waals surface area (Å²) in [6.07, 6.45) is -0.230. The van der Waals surface area contributed by atoms with Gasteiger partial charge in [0.15, 0.2) is 6.61 Å². The van der Waals surface area contributed by atoms with Crippen LogP contribution in [0.2, 0.25) is 0 Å². The molecular formula is C17H14FN2O6S-. The minimum atomic E-state index is -4.24. The van der Waals surface area contributed by atoms with Crippen LogP contribution in [0.4, 0.5) is 10.1 Å². The van der Waals surface area contributed by atoms with Crippen molar-refractivity contribution in [2.45, 2.75) is 17.4 Å². The molecule has 8 nitrogen and oxygen atoms in total. The molecule has 0 aliphatic carbocycles. The molecule has 2 aromatic carbocycles. The molecule has 2 aromatic rings. The Bertz CT molecular complexity index is 991. The third kappa shape index (κ3) is 4.41. The maximum Gasteiger partial charge on any atom is 0.262 e. The summed E-state index contributed by atoms with van der Waals surface area (Å²) >= 11 is 0. The molecule has 0 radical (unpaired) electrons. The molecule has 1 aliphatic rings. The van der Waals surface area contributed by atoms with E-state index in [9.17, 15) is 27.5 Å². The predicted octanol–water partition coefficient (Wildman–Crippen LogP) is -0.204. The van der Waals surface area contributed by atoms with Crippen molar-refractivity contribution >= 4 is 27.6 Å². The maximum atomic E-state index is 13.0. The number of sulfonamides is 1. The first-order chi connectivity index (χ1) is 12.7. The number of amides is 1. The van der Waals surface area contributed by atoms with Gasteiger partial charge in [-0.1, -0.05) is 12.1 Å². The van der Waals surface area contributed by atoms with Crippen molar-refractivity contribution in [3.05, 3.63) is 53.8 Å². The lowest BCUT2D eigenvalue weighted by molar-refractivity contribution is -0.307. The second kappa shape index (κ2) is 7.33. The van der Waals surface area contributed by atoms with Gasteiger partial charge in [0.25, 0.3) is 5.91 Å². The van der Waals surface area contributed by atoms with Gasteiger partial charge in [0.2, 0.25) is 10.0 Å². The van der Waals surface area contributed by atoms with Crippen molar-refractivity contribution in [1.29, 1.82) is 0 Å². The summed E-state index contributed by atoms with van der Waals surface area (Å²) in [6, 6.07) is 7.17. The van der Waals surface area contributed by atoms with Crippen LogP contribution < -0.4 is 19.9 Å². The molecule has 3 rings (SSSR count). The number of carboxylic acids is 1. The van der Waals surface area contributed by atoms with E-state index < -0.39 is 33.8 Å². The number of hydrogen-bond acceptors (Lipinski definition) is 6. The number of carbonyl (C=O) groups excluding carboxylic acids is 2. The molecule has 1 amide bonds. The summed E-state index contributed by atoms with van der Waals surface area (Å²) in [6.45, 7) is -0.179. The molecule has 27 heavy (non-hydrogen) atoms. The lowest BCUT2D eigenvalue weighted by Gasteiger charge is -2.21. The average Bonchev–Trinajstić information content (AvgIpc) is 2.62. The van der Waals surface area contributed by atoms with E-state index in [2.05, 4.69) is 10.0 Å². The number of fused-ring (bicyclic) bond motifs is 1. The van der Waals surface area contributed by atoms with Crippen molar-refractivity contribution in [2.24, 2.45) is 0 Å². The molecule has 0 bridgehead atoms. The molecule has 0 unspecified atom stereocenters. The van der Waals surface area contributed by atoms with Gasteiger partial charge < -0.3 is 20.0 Å². The number of ether oxygens (including phenoxy) is 1. The topological polar surface area (TPSA) is 125 Å². The number of rotatable bonds is 6. The van der Waals surface area contributed by atoms with E-state index in [1.54, 1.807) is 0 Å². The van der Waals surface area contributed by atoms with Crippen LogP contribution in [0, 0.1) is 5.82 Å². The van der Waals surface area contributed by atoms with Crippen LogP contribution in [-0.4, -0.2) is 32.9 Å². The number of benzene rings is 2. The molecule has 0 spiro atoms. The Kier molecular flexibility index (Phi) is 5.10. The summed E-state index contributed by atoms with van der Waals surface area (Å²) in [5.41, 5.74) is 0.581. The standard InChI is InChI=1S/C17H15FN2O6S/c18-11-3-1-10(2-4-11)7-14(17(22)23)20-27(24,25)12-5-6-15-13(8-12)19-16(21)9-26-15/h1-6,8,14,20H,7,9H2,(H,19,21)(H,22,23)/p-1/t14-/m0/s1. The second-order valence-corrected chi connectivity index (χ2v) is 7.53. The van der Waals surface area contributed by atoms with Gasteiger partial charge in [-0.2, -0.15) is 0 Å². The quantitative estimate of drug-likeness (QED) is 0.700. The van der Waals surface area contributed by atoms with Gasteiger partial charge in [0.1, 0.15) is 11.6 Å². The highest BCUT2D eigenvalue weighted by Crippen LogP contribution is 2.30. The minimum Gasteiger partial charge on any atom is -0.548 e. The van der Waals surface area contributed by atoms with Crippen LogP contribution in [0.5, 0.6) is 5.75 Å². The van der Waals surface area contributed by atoms with Gasteiger partial charge in [0.05, 0.1) is 22.6 Å². The number of hydrogen-bond donors (Lipinski definition) is 2. The van der Waals surface area contributed by atoms with Crippen LogP contribution in [0.1, 0.15) is 5.56 Å². The van der Waals surface area contributed by atoms with E-state index in [4.69, 9.17) is 4.74 Å². The maximum absolute atomic E-state index is 13.0. The summed E-state index contributed by atoms with van der Waals surface area (Å²) in [5, 5.41) is 13.8. The highest BCUT2D eigenvalue weighted by Gasteiger charge is 2.24. The van der Waals surface area contributed by atoms with Gasteiger partial charge in [0, 0.05) is 0 Å². The van der Waals surface area contributed by atoms with E-state index in [1.165, 1.54) is 30.3 Å². The zero-order chi connectivity index (χ0) is 19.6. The summed E-state index contributed by atoms with van der Waals surface area (Å²) in [5.74, 6) is -2.26. The number of nitrogens with one attached hydrogen (secondary N) is 2. The van der Waals surface area contributed by atoms with Crippen molar-refractivity contribution in [3.63, 3.8) is 0 Å². The Hall–Kier alpha value is -2.98. The zero-order valence-corrected chi connectivity index (χ0v) is 14.6. The van der Waals surface area contributed by atoms with Crippen LogP contribution in [0.15, 0.2) is 47.4 Å². The number of carboxylic acid groups (broad SMARTS) is 1. The molecule has 1 atom stereocenters. The molecule has 0 aromatic heterocycles. The normalized spacial score (nSPS) is 14.6. The van der Waals surface area contributed by atoms with Gasteiger partial charge in [-0.05, 0) is 42.3 Å². The predicted molar refractivity (Wildman–Crippen MR) is 89.8 cm³/mol. The van der Waals surface area contributed by atoms with E-state index >= 15 is 0 Å². The molecule has 0 saturated heterocycles. The van der Waals surface area contributed by atoms with Crippen molar-refractivity contribution in [2.75, 3.05) is 11.9 Å². The molecule has 0 saturated carbocycles. The summed E-state index contributed by atoms with van der Waals surface area (Å²) < 4.78 is 45.2. The smallest absolute Gasteiger partial charge is 0.262 e. The fourth-order valence-electron chi connectivity index (χ4n) is 2.51. The molecule has 142 valence electrons. The molecule has 1 heterocycles. The lowest BCUT2D eigenvalue weighted by atomic mass is 10.1. The Morgan fingerprint density at radius 2 is 1.96 bits per heavy atom. The molecular weight excluding hydrogens is 379 g/mol. The van der Waals surface area contributed by atoms with E-state index in [1.807, 2.05) is 0 Å². The third-order valence-corrected chi connectivity index (χ3v) is 5.30. The Morgan fingerprint density at radius 3 is 2.63 bits per heavy atom. The summed E-state index contributed by atoms with van der Waals surface area (Å²) in [7, 11) is -4.24. The van der Waals surface area contributed by atoms with Crippen LogP contribution in [0.3, 0.4) is 0 Å². The van der Waals surface area contributed by atoms with Crippen molar-refractivity contribution in [1.82, 2.24) is 4.72 Å². The minimum absolute atomic E-state index is 0.164. The Balaban J connectivity index is 1.82. The zero-order valence-electron chi connectivity index (χ0n) is 13.8. The number of aliphatic carboxylic acids is 1. The SMILES string of the molecule is O=C1COc2ccc(S(=O)(=O)N[C@@H](Cc3ccc(F)cc3)C(=O)[O-])cc2N1. The molecule has 2 N–H and O–H groups in total. The number of carbonyl (C=O) groups is 2. The Labute approximate surface area is 154 Å². The average molecular weight is 393 g/mol. The van der Waals surface area contributed by atoms with Crippen LogP contribution in [0.25, 0.3) is 0 Å². The highest BCUT2D eigenvalue weighted by atomic mass is 32.2. The fraction of sp³-hybridized carbons (Fsp3) is 0.176. The first-order valence-corrected chi connectivity index (χ1v) is 9.27. The number of halogens is 1. The lowest BCUT2D eigenvalue weighted by Crippen LogP contribution is -2.49. The second-order valence-electron chi connectivity index (χ2n) is 5.82. The first-order valence-electron chi connectivity index (χ1n) is 7.79. The molecule has 1 aliphatic heterocycles. The molecule has 0 fully saturated rings. The monoisotopic (exact) mass is 393 g/mol. The van der Waals surface area contributed by atoms with Crippen molar-refractivity contribution < 1.29 is 32.2 Å².